The molecule has 2 rings (SSSR count). The molecule has 140 valence electrons. The molecule has 0 saturated heterocycles. The SMILES string of the molecule is CCOc1ccc(OCC)c(NC(N)=NCCOCc2ccccc2)c1. The number of guanidine groups is 1. The summed E-state index contributed by atoms with van der Waals surface area (Å²) in [4.78, 5) is 4.29. The van der Waals surface area contributed by atoms with Gasteiger partial charge in [-0.1, -0.05) is 30.3 Å². The molecule has 0 radical (unpaired) electrons. The Morgan fingerprint density at radius 2 is 1.81 bits per heavy atom. The van der Waals surface area contributed by atoms with Crippen molar-refractivity contribution < 1.29 is 14.2 Å². The van der Waals surface area contributed by atoms with Crippen molar-refractivity contribution in [1.82, 2.24) is 0 Å². The molecule has 0 spiro atoms. The molecule has 26 heavy (non-hydrogen) atoms. The minimum Gasteiger partial charge on any atom is -0.494 e. The fourth-order valence-corrected chi connectivity index (χ4v) is 2.32. The molecule has 0 saturated carbocycles. The molecule has 0 amide bonds. The van der Waals surface area contributed by atoms with E-state index in [2.05, 4.69) is 10.3 Å². The van der Waals surface area contributed by atoms with Crippen LogP contribution in [0.5, 0.6) is 11.5 Å². The summed E-state index contributed by atoms with van der Waals surface area (Å²) in [6.07, 6.45) is 0. The Balaban J connectivity index is 1.85. The van der Waals surface area contributed by atoms with Gasteiger partial charge in [0.05, 0.1) is 38.7 Å². The molecular weight excluding hydrogens is 330 g/mol. The largest absolute Gasteiger partial charge is 0.494 e. The first-order chi connectivity index (χ1) is 12.7. The fraction of sp³-hybridized carbons (Fsp3) is 0.350. The van der Waals surface area contributed by atoms with E-state index in [1.165, 1.54) is 0 Å². The van der Waals surface area contributed by atoms with Crippen LogP contribution in [0.3, 0.4) is 0 Å². The normalized spacial score (nSPS) is 11.2. The highest BCUT2D eigenvalue weighted by Gasteiger charge is 2.07. The van der Waals surface area contributed by atoms with E-state index in [-0.39, 0.29) is 0 Å². The maximum Gasteiger partial charge on any atom is 0.193 e. The van der Waals surface area contributed by atoms with Gasteiger partial charge in [0.1, 0.15) is 11.5 Å². The Morgan fingerprint density at radius 3 is 2.54 bits per heavy atom. The molecular formula is C20H27N3O3. The van der Waals surface area contributed by atoms with E-state index < -0.39 is 0 Å². The molecule has 0 aliphatic rings. The number of hydrogen-bond acceptors (Lipinski definition) is 4. The molecule has 3 N–H and O–H groups in total. The van der Waals surface area contributed by atoms with Crippen LogP contribution in [-0.4, -0.2) is 32.3 Å². The number of nitrogens with one attached hydrogen (secondary N) is 1. The van der Waals surface area contributed by atoms with Crippen molar-refractivity contribution in [3.63, 3.8) is 0 Å². The van der Waals surface area contributed by atoms with E-state index in [9.17, 15) is 0 Å². The van der Waals surface area contributed by atoms with Gasteiger partial charge < -0.3 is 25.3 Å². The quantitative estimate of drug-likeness (QED) is 0.387. The van der Waals surface area contributed by atoms with Gasteiger partial charge in [0.2, 0.25) is 0 Å². The van der Waals surface area contributed by atoms with Crippen molar-refractivity contribution >= 4 is 11.6 Å². The molecule has 6 heteroatoms. The predicted molar refractivity (Wildman–Crippen MR) is 105 cm³/mol. The maximum atomic E-state index is 5.98. The summed E-state index contributed by atoms with van der Waals surface area (Å²) >= 11 is 0. The molecule has 0 atom stereocenters. The van der Waals surface area contributed by atoms with Crippen LogP contribution in [0.2, 0.25) is 0 Å². The van der Waals surface area contributed by atoms with Crippen LogP contribution in [0, 0.1) is 0 Å². The number of aliphatic imine (C=N–C) groups is 1. The van der Waals surface area contributed by atoms with E-state index in [0.29, 0.717) is 44.7 Å². The first kappa shape index (κ1) is 19.6. The lowest BCUT2D eigenvalue weighted by Crippen LogP contribution is -2.23. The summed E-state index contributed by atoms with van der Waals surface area (Å²) < 4.78 is 16.7. The van der Waals surface area contributed by atoms with E-state index in [0.717, 1.165) is 17.0 Å². The standard InChI is InChI=1S/C20H27N3O3/c1-3-25-17-10-11-19(26-4-2)18(14-17)23-20(21)22-12-13-24-15-16-8-6-5-7-9-16/h5-11,14H,3-4,12-13,15H2,1-2H3,(H3,21,22,23). The molecule has 0 unspecified atom stereocenters. The zero-order valence-electron chi connectivity index (χ0n) is 15.4. The Labute approximate surface area is 155 Å². The summed E-state index contributed by atoms with van der Waals surface area (Å²) in [5.41, 5.74) is 7.84. The van der Waals surface area contributed by atoms with E-state index in [1.54, 1.807) is 0 Å². The summed E-state index contributed by atoms with van der Waals surface area (Å²) in [5.74, 6) is 1.76. The second-order valence-corrected chi connectivity index (χ2v) is 5.45. The number of anilines is 1. The van der Waals surface area contributed by atoms with Crippen molar-refractivity contribution in [2.75, 3.05) is 31.7 Å². The molecule has 0 aliphatic heterocycles. The summed E-state index contributed by atoms with van der Waals surface area (Å²) in [6.45, 7) is 6.56. The minimum absolute atomic E-state index is 0.308. The van der Waals surface area contributed by atoms with Gasteiger partial charge in [0, 0.05) is 6.07 Å². The number of nitrogens with two attached hydrogens (primary N) is 1. The molecule has 0 aromatic heterocycles. The van der Waals surface area contributed by atoms with Crippen LogP contribution in [0.25, 0.3) is 0 Å². The highest BCUT2D eigenvalue weighted by Crippen LogP contribution is 2.29. The molecule has 0 fully saturated rings. The summed E-state index contributed by atoms with van der Waals surface area (Å²) in [6, 6.07) is 15.6. The predicted octanol–water partition coefficient (Wildman–Crippen LogP) is 3.43. The first-order valence-corrected chi connectivity index (χ1v) is 8.81. The van der Waals surface area contributed by atoms with Crippen LogP contribution in [0.4, 0.5) is 5.69 Å². The van der Waals surface area contributed by atoms with Crippen LogP contribution >= 0.6 is 0 Å². The van der Waals surface area contributed by atoms with Crippen LogP contribution in [-0.2, 0) is 11.3 Å². The zero-order chi connectivity index (χ0) is 18.6. The summed E-state index contributed by atoms with van der Waals surface area (Å²) in [7, 11) is 0. The minimum atomic E-state index is 0.308. The monoisotopic (exact) mass is 357 g/mol. The van der Waals surface area contributed by atoms with Crippen molar-refractivity contribution in [3.8, 4) is 11.5 Å². The molecule has 2 aromatic carbocycles. The lowest BCUT2D eigenvalue weighted by molar-refractivity contribution is 0.128. The topological polar surface area (TPSA) is 78.1 Å². The Hall–Kier alpha value is -2.73. The third-order valence-corrected chi connectivity index (χ3v) is 3.45. The zero-order valence-corrected chi connectivity index (χ0v) is 15.4. The number of benzene rings is 2. The van der Waals surface area contributed by atoms with E-state index in [1.807, 2.05) is 62.4 Å². The second kappa shape index (κ2) is 11.0. The molecule has 0 aliphatic carbocycles. The van der Waals surface area contributed by atoms with Crippen molar-refractivity contribution in [2.24, 2.45) is 10.7 Å². The Bertz CT molecular complexity index is 690. The smallest absolute Gasteiger partial charge is 0.193 e. The van der Waals surface area contributed by atoms with Crippen molar-refractivity contribution in [3.05, 3.63) is 54.1 Å². The first-order valence-electron chi connectivity index (χ1n) is 8.81. The third kappa shape index (κ3) is 6.64. The number of hydrogen-bond donors (Lipinski definition) is 2. The van der Waals surface area contributed by atoms with E-state index >= 15 is 0 Å². The third-order valence-electron chi connectivity index (χ3n) is 3.45. The van der Waals surface area contributed by atoms with Gasteiger partial charge in [0.25, 0.3) is 0 Å². The lowest BCUT2D eigenvalue weighted by atomic mass is 10.2. The van der Waals surface area contributed by atoms with E-state index in [4.69, 9.17) is 19.9 Å². The molecule has 0 heterocycles. The highest BCUT2D eigenvalue weighted by molar-refractivity contribution is 5.94. The average Bonchev–Trinajstić information content (AvgIpc) is 2.65. The number of ether oxygens (including phenoxy) is 3. The van der Waals surface area contributed by atoms with Gasteiger partial charge in [0.15, 0.2) is 5.96 Å². The van der Waals surface area contributed by atoms with Gasteiger partial charge in [-0.15, -0.1) is 0 Å². The highest BCUT2D eigenvalue weighted by atomic mass is 16.5. The summed E-state index contributed by atoms with van der Waals surface area (Å²) in [5, 5.41) is 3.07. The molecule has 6 nitrogen and oxygen atoms in total. The fourth-order valence-electron chi connectivity index (χ4n) is 2.32. The Morgan fingerprint density at radius 1 is 1.04 bits per heavy atom. The van der Waals surface area contributed by atoms with Crippen LogP contribution in [0.1, 0.15) is 19.4 Å². The van der Waals surface area contributed by atoms with Gasteiger partial charge in [-0.2, -0.15) is 0 Å². The van der Waals surface area contributed by atoms with Crippen molar-refractivity contribution in [1.29, 1.82) is 0 Å². The molecule has 0 bridgehead atoms. The number of rotatable bonds is 10. The Kier molecular flexibility index (Phi) is 8.29. The van der Waals surface area contributed by atoms with Gasteiger partial charge in [-0.3, -0.25) is 4.99 Å². The van der Waals surface area contributed by atoms with Crippen molar-refractivity contribution in [2.45, 2.75) is 20.5 Å². The van der Waals surface area contributed by atoms with Gasteiger partial charge in [-0.25, -0.2) is 0 Å². The van der Waals surface area contributed by atoms with Gasteiger partial charge in [-0.05, 0) is 31.5 Å². The molecule has 2 aromatic rings. The second-order valence-electron chi connectivity index (χ2n) is 5.45. The van der Waals surface area contributed by atoms with Crippen LogP contribution < -0.4 is 20.5 Å². The lowest BCUT2D eigenvalue weighted by Gasteiger charge is -2.14. The maximum absolute atomic E-state index is 5.98. The average molecular weight is 357 g/mol. The van der Waals surface area contributed by atoms with Gasteiger partial charge >= 0.3 is 0 Å². The number of nitrogens with zero attached hydrogens (tertiary/aromatic N) is 1. The van der Waals surface area contributed by atoms with Crippen LogP contribution in [0.15, 0.2) is 53.5 Å².